The topological polar surface area (TPSA) is 53.1 Å². The lowest BCUT2D eigenvalue weighted by Crippen LogP contribution is -2.54. The fourth-order valence-corrected chi connectivity index (χ4v) is 3.89. The molecule has 1 aliphatic carbocycles. The van der Waals surface area contributed by atoms with Crippen LogP contribution in [0.3, 0.4) is 0 Å². The molecule has 6 nitrogen and oxygen atoms in total. The molecule has 2 heterocycles. The lowest BCUT2D eigenvalue weighted by molar-refractivity contribution is 0.0373. The summed E-state index contributed by atoms with van der Waals surface area (Å²) in [6, 6.07) is 6.46. The fraction of sp³-hybridized carbons (Fsp3) is 0.579. The number of amides is 2. The number of hydrogen-bond donors (Lipinski definition) is 0. The molecule has 25 heavy (non-hydrogen) atoms. The Kier molecular flexibility index (Phi) is 4.72. The van der Waals surface area contributed by atoms with Crippen molar-refractivity contribution in [2.75, 3.05) is 52.5 Å². The van der Waals surface area contributed by atoms with Gasteiger partial charge in [-0.05, 0) is 23.6 Å². The molecule has 0 N–H and O–H groups in total. The van der Waals surface area contributed by atoms with Gasteiger partial charge in [0.1, 0.15) is 0 Å². The Labute approximate surface area is 148 Å². The van der Waals surface area contributed by atoms with E-state index in [0.29, 0.717) is 32.7 Å². The van der Waals surface area contributed by atoms with E-state index in [1.165, 1.54) is 11.1 Å². The molecule has 0 atom stereocenters. The molecule has 3 aliphatic rings. The third kappa shape index (κ3) is 3.55. The molecule has 0 unspecified atom stereocenters. The molecule has 2 saturated heterocycles. The van der Waals surface area contributed by atoms with Crippen LogP contribution in [0.15, 0.2) is 18.2 Å². The van der Waals surface area contributed by atoms with E-state index >= 15 is 0 Å². The van der Waals surface area contributed by atoms with Crippen molar-refractivity contribution in [3.8, 4) is 0 Å². The van der Waals surface area contributed by atoms with Gasteiger partial charge < -0.3 is 14.5 Å². The van der Waals surface area contributed by atoms with Gasteiger partial charge in [-0.3, -0.25) is 9.69 Å². The van der Waals surface area contributed by atoms with Gasteiger partial charge in [0.05, 0.1) is 13.2 Å². The third-order valence-electron chi connectivity index (χ3n) is 5.43. The van der Waals surface area contributed by atoms with E-state index in [-0.39, 0.29) is 11.8 Å². The van der Waals surface area contributed by atoms with Gasteiger partial charge in [0.25, 0.3) is 0 Å². The maximum absolute atomic E-state index is 12.5. The number of rotatable bonds is 2. The smallest absolute Gasteiger partial charge is 0.320 e. The summed E-state index contributed by atoms with van der Waals surface area (Å²) in [6.45, 7) is 6.80. The molecule has 2 aliphatic heterocycles. The monoisotopic (exact) mass is 343 g/mol. The first kappa shape index (κ1) is 16.5. The summed E-state index contributed by atoms with van der Waals surface area (Å²) in [7, 11) is 0. The van der Waals surface area contributed by atoms with Crippen molar-refractivity contribution in [2.45, 2.75) is 19.4 Å². The third-order valence-corrected chi connectivity index (χ3v) is 5.43. The molecule has 2 amide bonds. The summed E-state index contributed by atoms with van der Waals surface area (Å²) in [5.74, 6) is 0.276. The number of Topliss-reactive ketones (excluding diaryl/α,β-unsaturated/α-hetero) is 1. The van der Waals surface area contributed by atoms with Crippen molar-refractivity contribution >= 4 is 11.8 Å². The molecule has 0 aromatic heterocycles. The molecular formula is C19H25N3O3. The van der Waals surface area contributed by atoms with Gasteiger partial charge in [0.2, 0.25) is 0 Å². The van der Waals surface area contributed by atoms with Crippen LogP contribution in [0.5, 0.6) is 0 Å². The minimum absolute atomic E-state index is 0.145. The second-order valence-corrected chi connectivity index (χ2v) is 7.06. The molecular weight excluding hydrogens is 318 g/mol. The molecule has 0 bridgehead atoms. The number of carbonyl (C=O) groups is 2. The average molecular weight is 343 g/mol. The highest BCUT2D eigenvalue weighted by molar-refractivity contribution is 6.00. The zero-order valence-electron chi connectivity index (χ0n) is 14.6. The molecule has 6 heteroatoms. The number of carbonyl (C=O) groups excluding carboxylic acids is 2. The molecule has 4 rings (SSSR count). The van der Waals surface area contributed by atoms with Crippen molar-refractivity contribution in [1.29, 1.82) is 0 Å². The molecule has 0 saturated carbocycles. The molecule has 1 aromatic carbocycles. The van der Waals surface area contributed by atoms with Crippen LogP contribution in [-0.4, -0.2) is 79.0 Å². The number of benzene rings is 1. The summed E-state index contributed by atoms with van der Waals surface area (Å²) in [4.78, 5) is 30.6. The fourth-order valence-electron chi connectivity index (χ4n) is 3.89. The quantitative estimate of drug-likeness (QED) is 0.814. The zero-order chi connectivity index (χ0) is 17.2. The van der Waals surface area contributed by atoms with E-state index in [1.807, 2.05) is 9.80 Å². The number of hydrogen-bond acceptors (Lipinski definition) is 4. The van der Waals surface area contributed by atoms with Gasteiger partial charge in [0.15, 0.2) is 5.78 Å². The normalized spacial score (nSPS) is 21.5. The summed E-state index contributed by atoms with van der Waals surface area (Å²) in [6.07, 6.45) is 1.54. The lowest BCUT2D eigenvalue weighted by Gasteiger charge is -2.38. The molecule has 1 aromatic rings. The van der Waals surface area contributed by atoms with Crippen LogP contribution < -0.4 is 0 Å². The van der Waals surface area contributed by atoms with Gasteiger partial charge in [-0.25, -0.2) is 4.79 Å². The average Bonchev–Trinajstić information content (AvgIpc) is 3.03. The maximum Gasteiger partial charge on any atom is 0.320 e. The first-order valence-corrected chi connectivity index (χ1v) is 9.20. The van der Waals surface area contributed by atoms with Gasteiger partial charge >= 0.3 is 6.03 Å². The van der Waals surface area contributed by atoms with E-state index < -0.39 is 0 Å². The Morgan fingerprint density at radius 3 is 2.44 bits per heavy atom. The Bertz CT molecular complexity index is 662. The number of piperazine rings is 1. The predicted octanol–water partition coefficient (Wildman–Crippen LogP) is 1.39. The summed E-state index contributed by atoms with van der Waals surface area (Å²) in [5.41, 5.74) is 3.30. The Morgan fingerprint density at radius 1 is 0.960 bits per heavy atom. The van der Waals surface area contributed by atoms with Crippen LogP contribution in [-0.2, 0) is 17.7 Å². The van der Waals surface area contributed by atoms with Crippen LogP contribution in [0, 0.1) is 0 Å². The van der Waals surface area contributed by atoms with E-state index in [4.69, 9.17) is 4.74 Å². The number of ether oxygens (including phenoxy) is 1. The number of urea groups is 1. The van der Waals surface area contributed by atoms with Gasteiger partial charge in [0, 0.05) is 57.8 Å². The Hall–Kier alpha value is -1.92. The van der Waals surface area contributed by atoms with Crippen molar-refractivity contribution in [1.82, 2.24) is 14.7 Å². The van der Waals surface area contributed by atoms with E-state index in [2.05, 4.69) is 23.1 Å². The van der Waals surface area contributed by atoms with Crippen molar-refractivity contribution in [3.63, 3.8) is 0 Å². The van der Waals surface area contributed by atoms with E-state index in [9.17, 15) is 9.59 Å². The van der Waals surface area contributed by atoms with Crippen LogP contribution in [0.1, 0.15) is 27.9 Å². The van der Waals surface area contributed by atoms with Crippen molar-refractivity contribution < 1.29 is 14.3 Å². The van der Waals surface area contributed by atoms with Gasteiger partial charge in [-0.15, -0.1) is 0 Å². The summed E-state index contributed by atoms with van der Waals surface area (Å²) < 4.78 is 5.32. The Morgan fingerprint density at radius 2 is 1.68 bits per heavy atom. The number of morpholine rings is 1. The van der Waals surface area contributed by atoms with Crippen LogP contribution >= 0.6 is 0 Å². The number of aryl methyl sites for hydroxylation is 1. The first-order chi connectivity index (χ1) is 12.2. The largest absolute Gasteiger partial charge is 0.378 e. The Balaban J connectivity index is 1.31. The SMILES string of the molecule is O=C1CCc2ccc(CN3CCN(C(=O)N4CCOCC4)CC3)cc21. The molecule has 0 spiro atoms. The predicted molar refractivity (Wildman–Crippen MR) is 93.7 cm³/mol. The standard InChI is InChI=1S/C19H25N3O3/c23-18-4-3-16-2-1-15(13-17(16)18)14-20-5-7-21(8-6-20)19(24)22-9-11-25-12-10-22/h1-2,13H,3-12,14H2. The number of nitrogens with zero attached hydrogens (tertiary/aromatic N) is 3. The molecule has 134 valence electrons. The highest BCUT2D eigenvalue weighted by atomic mass is 16.5. The van der Waals surface area contributed by atoms with Gasteiger partial charge in [-0.1, -0.05) is 12.1 Å². The summed E-state index contributed by atoms with van der Waals surface area (Å²) >= 11 is 0. The van der Waals surface area contributed by atoms with Crippen LogP contribution in [0.4, 0.5) is 4.79 Å². The van der Waals surface area contributed by atoms with Gasteiger partial charge in [-0.2, -0.15) is 0 Å². The maximum atomic E-state index is 12.5. The van der Waals surface area contributed by atoms with E-state index in [1.54, 1.807) is 0 Å². The highest BCUT2D eigenvalue weighted by Gasteiger charge is 2.26. The summed E-state index contributed by atoms with van der Waals surface area (Å²) in [5, 5.41) is 0. The highest BCUT2D eigenvalue weighted by Crippen LogP contribution is 2.23. The number of ketones is 1. The zero-order valence-corrected chi connectivity index (χ0v) is 14.6. The van der Waals surface area contributed by atoms with E-state index in [0.717, 1.165) is 44.7 Å². The minimum Gasteiger partial charge on any atom is -0.378 e. The van der Waals surface area contributed by atoms with Crippen molar-refractivity contribution in [3.05, 3.63) is 34.9 Å². The second kappa shape index (κ2) is 7.14. The molecule has 0 radical (unpaired) electrons. The van der Waals surface area contributed by atoms with Crippen LogP contribution in [0.2, 0.25) is 0 Å². The number of fused-ring (bicyclic) bond motifs is 1. The van der Waals surface area contributed by atoms with Crippen LogP contribution in [0.25, 0.3) is 0 Å². The van der Waals surface area contributed by atoms with Crippen molar-refractivity contribution in [2.24, 2.45) is 0 Å². The minimum atomic E-state index is 0.145. The first-order valence-electron chi connectivity index (χ1n) is 9.20. The molecule has 2 fully saturated rings. The lowest BCUT2D eigenvalue weighted by atomic mass is 10.1. The second-order valence-electron chi connectivity index (χ2n) is 7.06.